The van der Waals surface area contributed by atoms with Crippen molar-refractivity contribution in [3.63, 3.8) is 0 Å². The smallest absolute Gasteiger partial charge is 0.213 e. The zero-order valence-corrected chi connectivity index (χ0v) is 22.4. The van der Waals surface area contributed by atoms with Crippen LogP contribution in [-0.2, 0) is 27.8 Å². The molecule has 0 aliphatic carbocycles. The molecule has 0 radical (unpaired) electrons. The summed E-state index contributed by atoms with van der Waals surface area (Å²) in [5.41, 5.74) is 4.73. The van der Waals surface area contributed by atoms with Crippen LogP contribution in [0.4, 0.5) is 0 Å². The van der Waals surface area contributed by atoms with Gasteiger partial charge in [0.1, 0.15) is 0 Å². The molecule has 0 fully saturated rings. The molecule has 4 rings (SSSR count). The van der Waals surface area contributed by atoms with Gasteiger partial charge in [0, 0.05) is 8.07 Å². The van der Waals surface area contributed by atoms with Crippen LogP contribution in [0.3, 0.4) is 0 Å². The molecule has 0 heterocycles. The first-order valence-corrected chi connectivity index (χ1v) is 14.3. The Hall–Kier alpha value is -2.45. The van der Waals surface area contributed by atoms with Crippen LogP contribution in [0.25, 0.3) is 0 Å². The maximum atomic E-state index is 3.72. The topological polar surface area (TPSA) is 0 Å². The minimum Gasteiger partial charge on any atom is -0.213 e. The van der Waals surface area contributed by atoms with Gasteiger partial charge in [0.2, 0.25) is 0 Å². The van der Waals surface area contributed by atoms with E-state index in [-0.39, 0.29) is 21.7 Å². The van der Waals surface area contributed by atoms with E-state index in [1.807, 2.05) is 91.0 Å². The standard InChI is InChI=1S/C9H15Si.3C7H7.Ti/c1-10(2,3)8-9-6-4-5-7-9;3*1-7-5-3-2-4-6-7;/h4-7H,8H2,1-3H3;3*2-6H,1H2;/q4*-1;+4. The molecule has 164 valence electrons. The van der Waals surface area contributed by atoms with Crippen molar-refractivity contribution in [2.75, 3.05) is 0 Å². The minimum atomic E-state index is -0.862. The van der Waals surface area contributed by atoms with Gasteiger partial charge in [-0.05, 0) is 0 Å². The third-order valence-corrected chi connectivity index (χ3v) is 5.46. The first-order valence-electron chi connectivity index (χ1n) is 10.6. The van der Waals surface area contributed by atoms with Crippen molar-refractivity contribution in [1.29, 1.82) is 0 Å². The van der Waals surface area contributed by atoms with Crippen LogP contribution in [-0.4, -0.2) is 8.07 Å². The molecule has 0 aromatic heterocycles. The molecule has 0 saturated carbocycles. The predicted molar refractivity (Wildman–Crippen MR) is 142 cm³/mol. The largest absolute Gasteiger partial charge is 4.00 e. The average molecular weight is 473 g/mol. The number of rotatable bonds is 2. The normalized spacial score (nSPS) is 9.34. The molecule has 0 saturated heterocycles. The van der Waals surface area contributed by atoms with Crippen LogP contribution < -0.4 is 0 Å². The Morgan fingerprint density at radius 1 is 0.531 bits per heavy atom. The van der Waals surface area contributed by atoms with E-state index >= 15 is 0 Å². The molecular weight excluding hydrogens is 436 g/mol. The summed E-state index contributed by atoms with van der Waals surface area (Å²) >= 11 is 0. The van der Waals surface area contributed by atoms with Gasteiger partial charge in [0.15, 0.2) is 0 Å². The van der Waals surface area contributed by atoms with Gasteiger partial charge in [-0.2, -0.15) is 91.6 Å². The number of hydrogen-bond acceptors (Lipinski definition) is 0. The number of hydrogen-bond donors (Lipinski definition) is 0. The Morgan fingerprint density at radius 3 is 1.00 bits per heavy atom. The molecule has 0 aliphatic heterocycles. The summed E-state index contributed by atoms with van der Waals surface area (Å²) in [6, 6.07) is 39.6. The second-order valence-electron chi connectivity index (χ2n) is 8.49. The summed E-state index contributed by atoms with van der Waals surface area (Å²) in [5, 5.41) is 0. The molecule has 4 aromatic rings. The van der Waals surface area contributed by atoms with Gasteiger partial charge in [0.05, 0.1) is 0 Å². The predicted octanol–water partition coefficient (Wildman–Crippen LogP) is 8.43. The van der Waals surface area contributed by atoms with Crippen LogP contribution in [0.2, 0.25) is 19.6 Å². The van der Waals surface area contributed by atoms with Gasteiger partial charge in [0.25, 0.3) is 0 Å². The summed E-state index contributed by atoms with van der Waals surface area (Å²) in [7, 11) is -0.862. The fourth-order valence-corrected chi connectivity index (χ4v) is 4.04. The van der Waals surface area contributed by atoms with E-state index in [4.69, 9.17) is 0 Å². The quantitative estimate of drug-likeness (QED) is 0.203. The second-order valence-corrected chi connectivity index (χ2v) is 14.0. The van der Waals surface area contributed by atoms with Gasteiger partial charge in [-0.1, -0.05) is 43.9 Å². The van der Waals surface area contributed by atoms with Gasteiger partial charge in [-0.15, -0.1) is 36.4 Å². The maximum Gasteiger partial charge on any atom is 4.00 e. The molecule has 0 bridgehead atoms. The van der Waals surface area contributed by atoms with Crippen LogP contribution >= 0.6 is 0 Å². The summed E-state index contributed by atoms with van der Waals surface area (Å²) in [5.74, 6) is 0. The monoisotopic (exact) mass is 472 g/mol. The van der Waals surface area contributed by atoms with Crippen LogP contribution in [0.1, 0.15) is 22.3 Å². The van der Waals surface area contributed by atoms with Crippen LogP contribution in [0.15, 0.2) is 115 Å². The van der Waals surface area contributed by atoms with Gasteiger partial charge in [-0.25, -0.2) is 12.1 Å². The molecule has 0 aliphatic rings. The van der Waals surface area contributed by atoms with Crippen molar-refractivity contribution in [2.24, 2.45) is 0 Å². The maximum absolute atomic E-state index is 3.72. The van der Waals surface area contributed by atoms with Crippen molar-refractivity contribution in [3.05, 3.63) is 158 Å². The first-order chi connectivity index (χ1) is 14.8. The van der Waals surface area contributed by atoms with Crippen molar-refractivity contribution in [3.8, 4) is 0 Å². The molecule has 0 nitrogen and oxygen atoms in total. The zero-order chi connectivity index (χ0) is 23.0. The van der Waals surface area contributed by atoms with Crippen LogP contribution in [0, 0.1) is 20.8 Å². The first kappa shape index (κ1) is 29.6. The Kier molecular flexibility index (Phi) is 15.8. The number of benzene rings is 3. The van der Waals surface area contributed by atoms with E-state index in [1.165, 1.54) is 11.6 Å². The van der Waals surface area contributed by atoms with Crippen molar-refractivity contribution >= 4 is 8.07 Å². The summed E-state index contributed by atoms with van der Waals surface area (Å²) in [6.45, 7) is 18.4. The molecule has 2 heteroatoms. The fourth-order valence-electron chi connectivity index (χ4n) is 2.58. The molecule has 0 atom stereocenters. The molecule has 32 heavy (non-hydrogen) atoms. The Balaban J connectivity index is 0.000000401. The summed E-state index contributed by atoms with van der Waals surface area (Å²) < 4.78 is 0. The molecule has 0 spiro atoms. The Bertz CT molecular complexity index is 804. The third-order valence-electron chi connectivity index (χ3n) is 3.99. The van der Waals surface area contributed by atoms with E-state index in [2.05, 4.69) is 64.7 Å². The fraction of sp³-hybridized carbons (Fsp3) is 0.133. The van der Waals surface area contributed by atoms with Gasteiger partial charge < -0.3 is 0 Å². The second kappa shape index (κ2) is 17.1. The molecule has 0 unspecified atom stereocenters. The third kappa shape index (κ3) is 17.3. The summed E-state index contributed by atoms with van der Waals surface area (Å²) in [6.07, 6.45) is 0. The van der Waals surface area contributed by atoms with E-state index in [0.717, 1.165) is 16.7 Å². The van der Waals surface area contributed by atoms with E-state index < -0.39 is 8.07 Å². The molecule has 0 N–H and O–H groups in total. The van der Waals surface area contributed by atoms with Crippen molar-refractivity contribution in [1.82, 2.24) is 0 Å². The Morgan fingerprint density at radius 2 is 0.812 bits per heavy atom. The Labute approximate surface area is 213 Å². The van der Waals surface area contributed by atoms with Gasteiger partial charge >= 0.3 is 21.7 Å². The minimum absolute atomic E-state index is 0. The van der Waals surface area contributed by atoms with Gasteiger partial charge in [-0.3, -0.25) is 0 Å². The van der Waals surface area contributed by atoms with E-state index in [1.54, 1.807) is 0 Å². The average Bonchev–Trinajstić information content (AvgIpc) is 3.23. The van der Waals surface area contributed by atoms with Crippen molar-refractivity contribution in [2.45, 2.75) is 25.7 Å². The van der Waals surface area contributed by atoms with E-state index in [9.17, 15) is 0 Å². The molecule has 0 amide bonds. The van der Waals surface area contributed by atoms with E-state index in [0.29, 0.717) is 0 Å². The molecule has 4 aromatic carbocycles. The summed E-state index contributed by atoms with van der Waals surface area (Å²) in [4.78, 5) is 0. The van der Waals surface area contributed by atoms with Crippen molar-refractivity contribution < 1.29 is 21.7 Å². The molecular formula is C30H36SiTi. The van der Waals surface area contributed by atoms with Crippen LogP contribution in [0.5, 0.6) is 0 Å². The SMILES string of the molecule is C[Si](C)(C)C[c-]1cccc1.[CH2-]c1ccccc1.[CH2-]c1ccccc1.[CH2-]c1ccccc1.[Ti+4]. The zero-order valence-electron chi connectivity index (χ0n) is 19.8.